The average Bonchev–Trinajstić information content (AvgIpc) is 3.38. The molecule has 1 aromatic carbocycles. The molecule has 1 aliphatic heterocycles. The minimum Gasteiger partial charge on any atom is -0.487 e. The van der Waals surface area contributed by atoms with Crippen LogP contribution in [-0.2, 0) is 16.2 Å². The van der Waals surface area contributed by atoms with Gasteiger partial charge in [-0.05, 0) is 64.8 Å². The van der Waals surface area contributed by atoms with Crippen LogP contribution in [0.5, 0.6) is 11.5 Å². The number of β-amino-alcohol motifs (C(OH)–C–C–N with tert-alkyl or cyclic N) is 1. The molecule has 0 saturated carbocycles. The molecule has 35 heavy (non-hydrogen) atoms. The number of aliphatic hydroxyl groups excluding tert-OH is 1. The fourth-order valence-corrected chi connectivity index (χ4v) is 4.02. The normalized spacial score (nSPS) is 17.4. The molecule has 1 atom stereocenters. The van der Waals surface area contributed by atoms with Gasteiger partial charge in [0.25, 0.3) is 0 Å². The van der Waals surface area contributed by atoms with E-state index in [1.165, 1.54) is 0 Å². The minimum atomic E-state index is -1.26. The van der Waals surface area contributed by atoms with E-state index in [1.807, 2.05) is 36.4 Å². The van der Waals surface area contributed by atoms with Crippen LogP contribution in [0, 0.1) is 0 Å². The van der Waals surface area contributed by atoms with Crippen LogP contribution in [0.3, 0.4) is 0 Å². The summed E-state index contributed by atoms with van der Waals surface area (Å²) in [6.45, 7) is 10.1. The molecule has 1 aliphatic rings. The molecule has 1 fully saturated rings. The van der Waals surface area contributed by atoms with Gasteiger partial charge in [-0.3, -0.25) is 4.90 Å². The predicted molar refractivity (Wildman–Crippen MR) is 129 cm³/mol. The number of furan rings is 1. The monoisotopic (exact) mass is 489 g/mol. The summed E-state index contributed by atoms with van der Waals surface area (Å²) in [7, 11) is 0. The Hall–Kier alpha value is -3.30. The molecule has 0 aliphatic carbocycles. The Labute approximate surface area is 205 Å². The molecule has 2 aromatic rings. The standard InChI is InChI=1S/C22H31NO4.C4H4O4/c1-21(2)11-12-22(3,4)23(21)14-17(24)15-26-19-9-5-6-10-20(19)27-16-18-8-7-13-25-18;5-3(6)1-2-4(7)8/h5-10,13,17,24H,11-12,14-16H2,1-4H3;1-2H,(H,5,6)(H,7,8)/b;2-1+. The van der Waals surface area contributed by atoms with Gasteiger partial charge >= 0.3 is 11.9 Å². The molecular formula is C26H35NO8. The molecule has 1 unspecified atom stereocenters. The van der Waals surface area contributed by atoms with Crippen LogP contribution in [-0.4, -0.2) is 62.5 Å². The van der Waals surface area contributed by atoms with Crippen molar-refractivity contribution < 1.29 is 38.8 Å². The Balaban J connectivity index is 0.000000466. The third-order valence-electron chi connectivity index (χ3n) is 5.80. The molecule has 2 heterocycles. The zero-order chi connectivity index (χ0) is 26.1. The first-order valence-electron chi connectivity index (χ1n) is 11.4. The van der Waals surface area contributed by atoms with E-state index in [-0.39, 0.29) is 17.7 Å². The summed E-state index contributed by atoms with van der Waals surface area (Å²) < 4.78 is 17.0. The lowest BCUT2D eigenvalue weighted by molar-refractivity contribution is -0.134. The maximum atomic E-state index is 10.6. The van der Waals surface area contributed by atoms with Gasteiger partial charge in [-0.15, -0.1) is 0 Å². The van der Waals surface area contributed by atoms with Gasteiger partial charge in [0.1, 0.15) is 25.1 Å². The van der Waals surface area contributed by atoms with Gasteiger partial charge in [0.05, 0.1) is 6.26 Å². The molecule has 0 radical (unpaired) electrons. The number of likely N-dealkylation sites (tertiary alicyclic amines) is 1. The number of hydrogen-bond acceptors (Lipinski definition) is 7. The number of benzene rings is 1. The lowest BCUT2D eigenvalue weighted by Gasteiger charge is -2.41. The van der Waals surface area contributed by atoms with E-state index < -0.39 is 18.0 Å². The van der Waals surface area contributed by atoms with E-state index in [4.69, 9.17) is 24.1 Å². The Morgan fingerprint density at radius 2 is 1.51 bits per heavy atom. The first-order chi connectivity index (χ1) is 16.4. The van der Waals surface area contributed by atoms with Crippen LogP contribution in [0.1, 0.15) is 46.3 Å². The lowest BCUT2D eigenvalue weighted by Crippen LogP contribution is -2.52. The molecule has 1 saturated heterocycles. The third-order valence-corrected chi connectivity index (χ3v) is 5.80. The number of nitrogens with zero attached hydrogens (tertiary/aromatic N) is 1. The zero-order valence-corrected chi connectivity index (χ0v) is 20.6. The fourth-order valence-electron chi connectivity index (χ4n) is 4.02. The number of hydrogen-bond donors (Lipinski definition) is 3. The SMILES string of the molecule is CC1(C)CCC(C)(C)N1CC(O)COc1ccccc1OCc1ccco1.O=C(O)/C=C/C(=O)O. The zero-order valence-electron chi connectivity index (χ0n) is 20.6. The summed E-state index contributed by atoms with van der Waals surface area (Å²) >= 11 is 0. The number of ether oxygens (including phenoxy) is 2. The van der Waals surface area contributed by atoms with E-state index in [9.17, 15) is 14.7 Å². The molecule has 9 heteroatoms. The van der Waals surface area contributed by atoms with Gasteiger partial charge in [0, 0.05) is 29.8 Å². The second kappa shape index (κ2) is 12.4. The summed E-state index contributed by atoms with van der Waals surface area (Å²) in [6, 6.07) is 11.2. The summed E-state index contributed by atoms with van der Waals surface area (Å²) in [5, 5.41) is 26.2. The highest BCUT2D eigenvalue weighted by Gasteiger charge is 2.44. The first kappa shape index (κ1) is 27.9. The van der Waals surface area contributed by atoms with E-state index in [0.29, 0.717) is 36.8 Å². The van der Waals surface area contributed by atoms with Gasteiger partial charge in [-0.1, -0.05) is 12.1 Å². The number of aliphatic hydroxyl groups is 1. The van der Waals surface area contributed by atoms with Crippen LogP contribution in [0.2, 0.25) is 0 Å². The molecule has 192 valence electrons. The Morgan fingerprint density at radius 1 is 0.971 bits per heavy atom. The minimum absolute atomic E-state index is 0.0918. The smallest absolute Gasteiger partial charge is 0.328 e. The highest BCUT2D eigenvalue weighted by atomic mass is 16.5. The van der Waals surface area contributed by atoms with Crippen molar-refractivity contribution in [3.63, 3.8) is 0 Å². The van der Waals surface area contributed by atoms with Crippen molar-refractivity contribution in [3.8, 4) is 11.5 Å². The van der Waals surface area contributed by atoms with Crippen LogP contribution >= 0.6 is 0 Å². The molecular weight excluding hydrogens is 454 g/mol. The first-order valence-corrected chi connectivity index (χ1v) is 11.4. The number of carbonyl (C=O) groups is 2. The lowest BCUT2D eigenvalue weighted by atomic mass is 10.0. The van der Waals surface area contributed by atoms with Crippen molar-refractivity contribution in [1.29, 1.82) is 0 Å². The van der Waals surface area contributed by atoms with Crippen molar-refractivity contribution in [2.45, 2.75) is 64.3 Å². The summed E-state index contributed by atoms with van der Waals surface area (Å²) in [5.74, 6) is -0.492. The van der Waals surface area contributed by atoms with E-state index in [0.717, 1.165) is 18.6 Å². The van der Waals surface area contributed by atoms with Crippen LogP contribution in [0.4, 0.5) is 0 Å². The van der Waals surface area contributed by atoms with Gasteiger partial charge in [0.15, 0.2) is 11.5 Å². The van der Waals surface area contributed by atoms with Crippen molar-refractivity contribution in [2.24, 2.45) is 0 Å². The largest absolute Gasteiger partial charge is 0.487 e. The molecule has 3 rings (SSSR count). The quantitative estimate of drug-likeness (QED) is 0.425. The second-order valence-corrected chi connectivity index (χ2v) is 9.52. The van der Waals surface area contributed by atoms with Crippen molar-refractivity contribution in [3.05, 3.63) is 60.6 Å². The van der Waals surface area contributed by atoms with Gasteiger partial charge in [-0.25, -0.2) is 9.59 Å². The average molecular weight is 490 g/mol. The second-order valence-electron chi connectivity index (χ2n) is 9.52. The maximum Gasteiger partial charge on any atom is 0.328 e. The third kappa shape index (κ3) is 9.11. The van der Waals surface area contributed by atoms with E-state index in [1.54, 1.807) is 6.26 Å². The number of aliphatic carboxylic acids is 2. The van der Waals surface area contributed by atoms with Crippen LogP contribution in [0.15, 0.2) is 59.2 Å². The Morgan fingerprint density at radius 3 is 2.00 bits per heavy atom. The highest BCUT2D eigenvalue weighted by Crippen LogP contribution is 2.40. The summed E-state index contributed by atoms with van der Waals surface area (Å²) in [6.07, 6.45) is 4.44. The fraction of sp³-hybridized carbons (Fsp3) is 0.462. The summed E-state index contributed by atoms with van der Waals surface area (Å²) in [4.78, 5) is 21.5. The predicted octanol–water partition coefficient (Wildman–Crippen LogP) is 3.96. The number of rotatable bonds is 10. The Bertz CT molecular complexity index is 949. The maximum absolute atomic E-state index is 10.6. The van der Waals surface area contributed by atoms with E-state index >= 15 is 0 Å². The van der Waals surface area contributed by atoms with Gasteiger partial charge in [-0.2, -0.15) is 0 Å². The van der Waals surface area contributed by atoms with Crippen LogP contribution < -0.4 is 9.47 Å². The van der Waals surface area contributed by atoms with Gasteiger partial charge in [0.2, 0.25) is 0 Å². The topological polar surface area (TPSA) is 130 Å². The van der Waals surface area contributed by atoms with E-state index in [2.05, 4.69) is 32.6 Å². The molecule has 3 N–H and O–H groups in total. The van der Waals surface area contributed by atoms with Crippen molar-refractivity contribution >= 4 is 11.9 Å². The highest BCUT2D eigenvalue weighted by molar-refractivity contribution is 5.89. The van der Waals surface area contributed by atoms with Crippen LogP contribution in [0.25, 0.3) is 0 Å². The molecule has 1 aromatic heterocycles. The number of carboxylic acids is 2. The van der Waals surface area contributed by atoms with Crippen molar-refractivity contribution in [1.82, 2.24) is 4.90 Å². The molecule has 0 spiro atoms. The molecule has 9 nitrogen and oxygen atoms in total. The summed E-state index contributed by atoms with van der Waals surface area (Å²) in [5.41, 5.74) is 0.184. The van der Waals surface area contributed by atoms with Gasteiger partial charge < -0.3 is 29.2 Å². The molecule has 0 bridgehead atoms. The number of carboxylic acid groups (broad SMARTS) is 2. The number of para-hydroxylation sites is 2. The van der Waals surface area contributed by atoms with Crippen molar-refractivity contribution in [2.75, 3.05) is 13.2 Å². The molecule has 0 amide bonds. The Kier molecular flexibility index (Phi) is 9.91.